The Bertz CT molecular complexity index is 1340. The van der Waals surface area contributed by atoms with Gasteiger partial charge in [0.15, 0.2) is 5.78 Å². The quantitative estimate of drug-likeness (QED) is 0.375. The Hall–Kier alpha value is -1.52. The highest BCUT2D eigenvalue weighted by molar-refractivity contribution is 5.88. The highest BCUT2D eigenvalue weighted by atomic mass is 16.8. The number of carbonyl (C=O) groups excluding carboxylic acids is 2. The largest absolute Gasteiger partial charge is 0.461 e. The summed E-state index contributed by atoms with van der Waals surface area (Å²) in [6, 6.07) is 0. The number of ether oxygens (including phenoxy) is 6. The molecule has 0 aromatic heterocycles. The summed E-state index contributed by atoms with van der Waals surface area (Å²) in [6.07, 6.45) is -1.24. The Morgan fingerprint density at radius 2 is 1.66 bits per heavy atom. The van der Waals surface area contributed by atoms with Crippen LogP contribution in [-0.4, -0.2) is 79.1 Å². The van der Waals surface area contributed by atoms with Gasteiger partial charge in [0, 0.05) is 44.3 Å². The molecule has 0 aromatic rings. The normalized spacial score (nSPS) is 64.3. The van der Waals surface area contributed by atoms with Crippen LogP contribution >= 0.6 is 0 Å². The topological polar surface area (TPSA) is 116 Å². The molecule has 20 atom stereocenters. The van der Waals surface area contributed by atoms with Crippen molar-refractivity contribution >= 4 is 11.8 Å². The molecule has 3 saturated heterocycles. The number of epoxide rings is 2. The van der Waals surface area contributed by atoms with Crippen molar-refractivity contribution in [1.29, 1.82) is 0 Å². The van der Waals surface area contributed by atoms with Gasteiger partial charge in [-0.05, 0) is 61.2 Å². The van der Waals surface area contributed by atoms with E-state index in [2.05, 4.69) is 48.1 Å². The van der Waals surface area contributed by atoms with Crippen LogP contribution in [0.3, 0.4) is 0 Å². The molecule has 0 amide bonds. The van der Waals surface area contributed by atoms with Gasteiger partial charge < -0.3 is 33.5 Å². The number of methoxy groups -OCH3 is 2. The predicted molar refractivity (Wildman–Crippen MR) is 157 cm³/mol. The summed E-state index contributed by atoms with van der Waals surface area (Å²) in [5, 5.41) is 12.2. The van der Waals surface area contributed by atoms with E-state index in [4.69, 9.17) is 28.4 Å². The van der Waals surface area contributed by atoms with Crippen molar-refractivity contribution in [3.63, 3.8) is 0 Å². The van der Waals surface area contributed by atoms with E-state index in [1.54, 1.807) is 14.2 Å². The fraction of sp³-hybridized carbons (Fsp3) is 0.886. The summed E-state index contributed by atoms with van der Waals surface area (Å²) in [5.41, 5.74) is -3.08. The summed E-state index contributed by atoms with van der Waals surface area (Å²) in [5.74, 6) is -0.958. The highest BCUT2D eigenvalue weighted by Crippen LogP contribution is 2.82. The molecular formula is C35H50O9. The first-order valence-corrected chi connectivity index (χ1v) is 16.7. The third kappa shape index (κ3) is 2.86. The fourth-order valence-corrected chi connectivity index (χ4v) is 13.7. The highest BCUT2D eigenvalue weighted by Gasteiger charge is 2.91. The summed E-state index contributed by atoms with van der Waals surface area (Å²) < 4.78 is 38.1. The van der Waals surface area contributed by atoms with Crippen LogP contribution < -0.4 is 0 Å². The standard InChI is InChI=1S/C35H50O9/c1-13-15(3)31(6)22-14(2)29-35(44-29)33(8,34(9,38)16(4)43-35)24(22)28(40-11)23(31)20-21(13)32(7)18(25(37)27(20)39-10)12-19-26(42-19)30(32)41-17(5)36/h13-15,18-24,26-30,38H,4,12H2,1-3,5-11H3/t13?,14-,15-,18+,19-,20?,21?,22-,23+,24-,26-,27?,28+,29+,30-,31+,32-,33-,34+,35+/m0/s1. The van der Waals surface area contributed by atoms with Crippen LogP contribution in [0.2, 0.25) is 0 Å². The number of rotatable bonds is 3. The lowest BCUT2D eigenvalue weighted by Crippen LogP contribution is -2.71. The molecule has 0 aromatic carbocycles. The lowest BCUT2D eigenvalue weighted by molar-refractivity contribution is -0.238. The number of esters is 1. The van der Waals surface area contributed by atoms with E-state index in [9.17, 15) is 14.7 Å². The molecule has 9 heteroatoms. The second-order valence-electron chi connectivity index (χ2n) is 16.6. The van der Waals surface area contributed by atoms with Gasteiger partial charge >= 0.3 is 5.97 Å². The molecule has 8 fully saturated rings. The third-order valence-corrected chi connectivity index (χ3v) is 15.8. The molecular weight excluding hydrogens is 564 g/mol. The molecule has 3 aliphatic heterocycles. The van der Waals surface area contributed by atoms with Crippen LogP contribution in [0.25, 0.3) is 0 Å². The van der Waals surface area contributed by atoms with Gasteiger partial charge in [-0.15, -0.1) is 0 Å². The second kappa shape index (κ2) is 8.49. The Kier molecular flexibility index (Phi) is 5.76. The lowest BCUT2D eigenvalue weighted by Gasteiger charge is -2.66. The molecule has 4 unspecified atom stereocenters. The molecule has 9 nitrogen and oxygen atoms in total. The van der Waals surface area contributed by atoms with Gasteiger partial charge in [0.2, 0.25) is 5.79 Å². The van der Waals surface area contributed by atoms with Crippen LogP contribution in [0.4, 0.5) is 0 Å². The molecule has 8 aliphatic rings. The van der Waals surface area contributed by atoms with E-state index in [1.807, 2.05) is 6.92 Å². The molecule has 1 spiro atoms. The number of fused-ring (bicyclic) bond motifs is 9. The number of hydrogen-bond donors (Lipinski definition) is 1. The molecule has 8 rings (SSSR count). The van der Waals surface area contributed by atoms with Gasteiger partial charge in [0.1, 0.15) is 35.8 Å². The van der Waals surface area contributed by atoms with Gasteiger partial charge in [-0.2, -0.15) is 0 Å². The summed E-state index contributed by atoms with van der Waals surface area (Å²) in [6.45, 7) is 21.1. The van der Waals surface area contributed by atoms with Crippen molar-refractivity contribution in [3.8, 4) is 0 Å². The molecule has 44 heavy (non-hydrogen) atoms. The maximum Gasteiger partial charge on any atom is 0.303 e. The fourth-order valence-electron chi connectivity index (χ4n) is 13.7. The number of ketones is 1. The second-order valence-corrected chi connectivity index (χ2v) is 16.6. The van der Waals surface area contributed by atoms with Crippen LogP contribution in [0.5, 0.6) is 0 Å². The zero-order valence-electron chi connectivity index (χ0n) is 27.8. The van der Waals surface area contributed by atoms with Gasteiger partial charge in [-0.25, -0.2) is 0 Å². The SMILES string of the molecule is C=C1O[C@@]23O[C@@H]2[C@@H](C)[C@H]2[C@@H]([C@H](OC)[C@H]4C5C(OC)C(=O)[C@H]6C[C@@H]7O[C@@H]7[C@H](OC(C)=O)[C@]6(C)C5C(C)[C@H](C)[C@]24C)[C@@]3(C)[C@]1(C)O. The number of aliphatic hydroxyl groups is 1. The van der Waals surface area contributed by atoms with Gasteiger partial charge in [-0.1, -0.05) is 41.2 Å². The minimum Gasteiger partial charge on any atom is -0.461 e. The van der Waals surface area contributed by atoms with Crippen LogP contribution in [-0.2, 0) is 38.0 Å². The van der Waals surface area contributed by atoms with Crippen molar-refractivity contribution in [2.75, 3.05) is 14.2 Å². The van der Waals surface area contributed by atoms with E-state index in [-0.39, 0.29) is 94.8 Å². The molecule has 3 heterocycles. The van der Waals surface area contributed by atoms with Crippen LogP contribution in [0, 0.1) is 69.5 Å². The minimum atomic E-state index is -1.35. The maximum atomic E-state index is 14.7. The van der Waals surface area contributed by atoms with E-state index >= 15 is 0 Å². The van der Waals surface area contributed by atoms with E-state index < -0.39 is 34.4 Å². The van der Waals surface area contributed by atoms with Crippen molar-refractivity contribution < 1.29 is 43.1 Å². The lowest BCUT2D eigenvalue weighted by atomic mass is 9.38. The van der Waals surface area contributed by atoms with Crippen molar-refractivity contribution in [2.24, 2.45) is 69.5 Å². The number of Topliss-reactive ketones (excluding diaryl/α,β-unsaturated/α-hetero) is 1. The molecule has 5 aliphatic carbocycles. The van der Waals surface area contributed by atoms with Gasteiger partial charge in [0.05, 0.1) is 17.6 Å². The zero-order chi connectivity index (χ0) is 31.8. The van der Waals surface area contributed by atoms with E-state index in [1.165, 1.54) is 6.92 Å². The number of carbonyl (C=O) groups is 2. The average Bonchev–Trinajstić information content (AvgIpc) is 3.85. The minimum absolute atomic E-state index is 0.00804. The molecule has 244 valence electrons. The molecule has 0 radical (unpaired) electrons. The van der Waals surface area contributed by atoms with Gasteiger partial charge in [-0.3, -0.25) is 9.59 Å². The third-order valence-electron chi connectivity index (χ3n) is 15.8. The van der Waals surface area contributed by atoms with Crippen LogP contribution in [0.15, 0.2) is 12.3 Å². The first-order valence-electron chi connectivity index (χ1n) is 16.7. The smallest absolute Gasteiger partial charge is 0.303 e. The Morgan fingerprint density at radius 3 is 2.27 bits per heavy atom. The molecule has 0 bridgehead atoms. The molecule has 5 saturated carbocycles. The van der Waals surface area contributed by atoms with E-state index in [0.29, 0.717) is 12.2 Å². The Balaban J connectivity index is 1.34. The summed E-state index contributed by atoms with van der Waals surface area (Å²) >= 11 is 0. The van der Waals surface area contributed by atoms with Gasteiger partial charge in [0.25, 0.3) is 0 Å². The first-order chi connectivity index (χ1) is 20.5. The summed E-state index contributed by atoms with van der Waals surface area (Å²) in [4.78, 5) is 27.2. The Labute approximate surface area is 260 Å². The van der Waals surface area contributed by atoms with Crippen LogP contribution in [0.1, 0.15) is 61.8 Å². The van der Waals surface area contributed by atoms with E-state index in [0.717, 1.165) is 0 Å². The summed E-state index contributed by atoms with van der Waals surface area (Å²) in [7, 11) is 3.43. The maximum absolute atomic E-state index is 14.7. The monoisotopic (exact) mass is 614 g/mol. The Morgan fingerprint density at radius 1 is 0.977 bits per heavy atom. The number of hydrogen-bond acceptors (Lipinski definition) is 9. The zero-order valence-corrected chi connectivity index (χ0v) is 27.8. The van der Waals surface area contributed by atoms with Crippen molar-refractivity contribution in [2.45, 2.75) is 110 Å². The first kappa shape index (κ1) is 29.9. The average molecular weight is 615 g/mol. The molecule has 1 N–H and O–H groups in total. The van der Waals surface area contributed by atoms with Crippen molar-refractivity contribution in [1.82, 2.24) is 0 Å². The predicted octanol–water partition coefficient (Wildman–Crippen LogP) is 3.76. The van der Waals surface area contributed by atoms with Crippen molar-refractivity contribution in [3.05, 3.63) is 12.3 Å².